The number of carboxylic acid groups (broad SMARTS) is 1. The second-order valence-corrected chi connectivity index (χ2v) is 5.06. The van der Waals surface area contributed by atoms with Crippen LogP contribution in [0.3, 0.4) is 0 Å². The van der Waals surface area contributed by atoms with E-state index in [4.69, 9.17) is 5.11 Å². The number of hydrogen-bond acceptors (Lipinski definition) is 3. The zero-order valence-electron chi connectivity index (χ0n) is 12.3. The van der Waals surface area contributed by atoms with Crippen LogP contribution in [-0.2, 0) is 9.59 Å². The molecule has 22 heavy (non-hydrogen) atoms. The summed E-state index contributed by atoms with van der Waals surface area (Å²) in [7, 11) is 1.56. The largest absolute Gasteiger partial charge is 0.478 e. The number of rotatable bonds is 4. The van der Waals surface area contributed by atoms with Crippen LogP contribution in [0.5, 0.6) is 0 Å². The molecule has 1 aliphatic rings. The van der Waals surface area contributed by atoms with Gasteiger partial charge in [0.1, 0.15) is 6.04 Å². The summed E-state index contributed by atoms with van der Waals surface area (Å²) >= 11 is 0. The fourth-order valence-corrected chi connectivity index (χ4v) is 2.47. The molecule has 0 saturated carbocycles. The number of likely N-dealkylation sites (tertiary alicyclic amines) is 1. The molecule has 2 N–H and O–H groups in total. The number of likely N-dealkylation sites (N-methyl/N-ethyl adjacent to an activating group) is 1. The molecule has 1 aromatic carbocycles. The molecule has 0 aromatic heterocycles. The average molecular weight is 302 g/mol. The molecule has 0 bridgehead atoms. The Kier molecular flexibility index (Phi) is 4.93. The maximum Gasteiger partial charge on any atom is 0.335 e. The molecule has 1 unspecified atom stereocenters. The van der Waals surface area contributed by atoms with Crippen LogP contribution in [0.15, 0.2) is 30.3 Å². The lowest BCUT2D eigenvalue weighted by Gasteiger charge is -2.21. The van der Waals surface area contributed by atoms with Gasteiger partial charge < -0.3 is 15.3 Å². The van der Waals surface area contributed by atoms with E-state index in [-0.39, 0.29) is 17.4 Å². The summed E-state index contributed by atoms with van der Waals surface area (Å²) in [5.74, 6) is -1.35. The highest BCUT2D eigenvalue weighted by Gasteiger charge is 2.32. The molecular formula is C16H18N2O4. The van der Waals surface area contributed by atoms with Crippen molar-refractivity contribution >= 4 is 23.9 Å². The third-order valence-corrected chi connectivity index (χ3v) is 3.66. The predicted octanol–water partition coefficient (Wildman–Crippen LogP) is 1.13. The second kappa shape index (κ2) is 6.89. The summed E-state index contributed by atoms with van der Waals surface area (Å²) in [6.07, 6.45) is 4.52. The highest BCUT2D eigenvalue weighted by atomic mass is 16.4. The number of carboxylic acids is 1. The highest BCUT2D eigenvalue weighted by Crippen LogP contribution is 2.18. The van der Waals surface area contributed by atoms with E-state index in [2.05, 4.69) is 5.32 Å². The molecule has 2 amide bonds. The van der Waals surface area contributed by atoms with Gasteiger partial charge in [-0.25, -0.2) is 4.79 Å². The fourth-order valence-electron chi connectivity index (χ4n) is 2.47. The molecule has 116 valence electrons. The molecule has 1 atom stereocenters. The van der Waals surface area contributed by atoms with Crippen LogP contribution >= 0.6 is 0 Å². The van der Waals surface area contributed by atoms with Crippen molar-refractivity contribution < 1.29 is 19.5 Å². The van der Waals surface area contributed by atoms with Crippen LogP contribution in [0.1, 0.15) is 28.8 Å². The summed E-state index contributed by atoms with van der Waals surface area (Å²) < 4.78 is 0. The molecular weight excluding hydrogens is 284 g/mol. The number of carbonyl (C=O) groups is 3. The Morgan fingerprint density at radius 1 is 1.27 bits per heavy atom. The van der Waals surface area contributed by atoms with Crippen molar-refractivity contribution in [3.63, 3.8) is 0 Å². The first-order valence-corrected chi connectivity index (χ1v) is 7.06. The molecule has 1 fully saturated rings. The first-order chi connectivity index (χ1) is 10.5. The van der Waals surface area contributed by atoms with E-state index in [1.807, 2.05) is 0 Å². The summed E-state index contributed by atoms with van der Waals surface area (Å²) in [5.41, 5.74) is 0.928. The molecule has 1 aliphatic heterocycles. The Morgan fingerprint density at radius 2 is 1.95 bits per heavy atom. The van der Waals surface area contributed by atoms with Crippen LogP contribution in [0.2, 0.25) is 0 Å². The first-order valence-electron chi connectivity index (χ1n) is 7.06. The Labute approximate surface area is 128 Å². The average Bonchev–Trinajstić information content (AvgIpc) is 3.01. The van der Waals surface area contributed by atoms with Gasteiger partial charge in [-0.05, 0) is 36.6 Å². The van der Waals surface area contributed by atoms with Crippen molar-refractivity contribution in [2.24, 2.45) is 0 Å². The van der Waals surface area contributed by atoms with Gasteiger partial charge >= 0.3 is 5.97 Å². The SMILES string of the molecule is CNC(=O)C1CCCN1C(=O)C=Cc1ccc(C(=O)O)cc1. The minimum Gasteiger partial charge on any atom is -0.478 e. The molecule has 2 rings (SSSR count). The number of amides is 2. The number of hydrogen-bond donors (Lipinski definition) is 2. The number of benzene rings is 1. The van der Waals surface area contributed by atoms with Crippen molar-refractivity contribution in [2.75, 3.05) is 13.6 Å². The molecule has 0 aliphatic carbocycles. The van der Waals surface area contributed by atoms with E-state index in [0.29, 0.717) is 13.0 Å². The fraction of sp³-hybridized carbons (Fsp3) is 0.312. The lowest BCUT2D eigenvalue weighted by Crippen LogP contribution is -2.44. The van der Waals surface area contributed by atoms with E-state index >= 15 is 0 Å². The number of carbonyl (C=O) groups excluding carboxylic acids is 2. The maximum atomic E-state index is 12.2. The van der Waals surface area contributed by atoms with Crippen molar-refractivity contribution in [1.29, 1.82) is 0 Å². The smallest absolute Gasteiger partial charge is 0.335 e. The first kappa shape index (κ1) is 15.8. The second-order valence-electron chi connectivity index (χ2n) is 5.06. The zero-order valence-corrected chi connectivity index (χ0v) is 12.3. The van der Waals surface area contributed by atoms with Crippen molar-refractivity contribution in [3.8, 4) is 0 Å². The number of nitrogens with zero attached hydrogens (tertiary/aromatic N) is 1. The molecule has 6 nitrogen and oxygen atoms in total. The Bertz CT molecular complexity index is 607. The van der Waals surface area contributed by atoms with Crippen LogP contribution in [-0.4, -0.2) is 47.4 Å². The highest BCUT2D eigenvalue weighted by molar-refractivity contribution is 5.96. The maximum absolute atomic E-state index is 12.2. The van der Waals surface area contributed by atoms with Gasteiger partial charge in [0, 0.05) is 19.7 Å². The molecule has 6 heteroatoms. The molecule has 0 radical (unpaired) electrons. The number of nitrogens with one attached hydrogen (secondary N) is 1. The van der Waals surface area contributed by atoms with E-state index in [0.717, 1.165) is 12.0 Å². The Balaban J connectivity index is 2.04. The summed E-state index contributed by atoms with van der Waals surface area (Å²) in [6.45, 7) is 0.569. The molecule has 1 heterocycles. The van der Waals surface area contributed by atoms with Gasteiger partial charge in [-0.3, -0.25) is 9.59 Å². The number of aromatic carboxylic acids is 1. The van der Waals surface area contributed by atoms with Crippen LogP contribution in [0.25, 0.3) is 6.08 Å². The lowest BCUT2D eigenvalue weighted by molar-refractivity contribution is -0.134. The third kappa shape index (κ3) is 3.52. The van der Waals surface area contributed by atoms with Crippen LogP contribution in [0, 0.1) is 0 Å². The third-order valence-electron chi connectivity index (χ3n) is 3.66. The van der Waals surface area contributed by atoms with Crippen molar-refractivity contribution in [3.05, 3.63) is 41.5 Å². The normalized spacial score (nSPS) is 17.7. The summed E-state index contributed by atoms with van der Waals surface area (Å²) in [5, 5.41) is 11.4. The molecule has 1 saturated heterocycles. The van der Waals surface area contributed by atoms with Gasteiger partial charge in [0.25, 0.3) is 0 Å². The topological polar surface area (TPSA) is 86.7 Å². The van der Waals surface area contributed by atoms with Crippen LogP contribution < -0.4 is 5.32 Å². The minimum atomic E-state index is -0.989. The minimum absolute atomic E-state index is 0.148. The van der Waals surface area contributed by atoms with Gasteiger partial charge in [-0.15, -0.1) is 0 Å². The van der Waals surface area contributed by atoms with E-state index < -0.39 is 12.0 Å². The van der Waals surface area contributed by atoms with Gasteiger partial charge in [-0.1, -0.05) is 12.1 Å². The standard InChI is InChI=1S/C16H18N2O4/c1-17-15(20)13-3-2-10-18(13)14(19)9-6-11-4-7-12(8-5-11)16(21)22/h4-9,13H,2-3,10H2,1H3,(H,17,20)(H,21,22). The molecule has 0 spiro atoms. The van der Waals surface area contributed by atoms with Gasteiger partial charge in [0.2, 0.25) is 11.8 Å². The van der Waals surface area contributed by atoms with Crippen molar-refractivity contribution in [1.82, 2.24) is 10.2 Å². The van der Waals surface area contributed by atoms with Gasteiger partial charge in [0.15, 0.2) is 0 Å². The van der Waals surface area contributed by atoms with Gasteiger partial charge in [0.05, 0.1) is 5.56 Å². The Hall–Kier alpha value is -2.63. The van der Waals surface area contributed by atoms with Crippen LogP contribution in [0.4, 0.5) is 0 Å². The summed E-state index contributed by atoms with van der Waals surface area (Å²) in [4.78, 5) is 36.2. The van der Waals surface area contributed by atoms with E-state index in [9.17, 15) is 14.4 Å². The monoisotopic (exact) mass is 302 g/mol. The zero-order chi connectivity index (χ0) is 16.1. The van der Waals surface area contributed by atoms with Gasteiger partial charge in [-0.2, -0.15) is 0 Å². The van der Waals surface area contributed by atoms with E-state index in [1.165, 1.54) is 18.2 Å². The molecule has 1 aromatic rings. The summed E-state index contributed by atoms with van der Waals surface area (Å²) in [6, 6.07) is 5.82. The quantitative estimate of drug-likeness (QED) is 0.816. The Morgan fingerprint density at radius 3 is 2.55 bits per heavy atom. The van der Waals surface area contributed by atoms with Crippen molar-refractivity contribution in [2.45, 2.75) is 18.9 Å². The lowest BCUT2D eigenvalue weighted by atomic mass is 10.1. The predicted molar refractivity (Wildman–Crippen MR) is 81.2 cm³/mol. The van der Waals surface area contributed by atoms with E-state index in [1.54, 1.807) is 30.2 Å².